The second-order valence-corrected chi connectivity index (χ2v) is 4.18. The van der Waals surface area contributed by atoms with Gasteiger partial charge in [-0.25, -0.2) is 0 Å². The molecular formula is C13H14N2O3. The molecule has 0 atom stereocenters. The highest BCUT2D eigenvalue weighted by Gasteiger charge is 2.08. The standard InChI is InChI=1S/C13H14N2O3/c1-8(16)7-18-12-6-9-5-10(14)3-4-11(9)15(2)13(12)17/h3-6H,7,14H2,1-2H3. The van der Waals surface area contributed by atoms with E-state index >= 15 is 0 Å². The summed E-state index contributed by atoms with van der Waals surface area (Å²) in [4.78, 5) is 22.9. The van der Waals surface area contributed by atoms with E-state index < -0.39 is 0 Å². The van der Waals surface area contributed by atoms with Gasteiger partial charge in [-0.1, -0.05) is 0 Å². The Kier molecular flexibility index (Phi) is 3.06. The number of Topliss-reactive ketones (excluding diaryl/α,β-unsaturated/α-hetero) is 1. The molecule has 0 unspecified atom stereocenters. The fourth-order valence-corrected chi connectivity index (χ4v) is 1.75. The van der Waals surface area contributed by atoms with Gasteiger partial charge in [0, 0.05) is 18.1 Å². The first kappa shape index (κ1) is 12.2. The van der Waals surface area contributed by atoms with Crippen LogP contribution in [0.5, 0.6) is 5.75 Å². The van der Waals surface area contributed by atoms with Crippen molar-refractivity contribution in [3.8, 4) is 5.75 Å². The number of benzene rings is 1. The molecule has 0 amide bonds. The summed E-state index contributed by atoms with van der Waals surface area (Å²) in [5.74, 6) is 0.0236. The van der Waals surface area contributed by atoms with E-state index in [4.69, 9.17) is 10.5 Å². The van der Waals surface area contributed by atoms with Crippen LogP contribution >= 0.6 is 0 Å². The molecule has 0 bridgehead atoms. The van der Waals surface area contributed by atoms with Crippen LogP contribution in [0.4, 0.5) is 5.69 Å². The number of ether oxygens (including phenoxy) is 1. The maximum Gasteiger partial charge on any atom is 0.293 e. The van der Waals surface area contributed by atoms with Crippen molar-refractivity contribution >= 4 is 22.4 Å². The van der Waals surface area contributed by atoms with E-state index in [1.54, 1.807) is 31.3 Å². The van der Waals surface area contributed by atoms with E-state index in [0.29, 0.717) is 5.69 Å². The Morgan fingerprint density at radius 2 is 2.11 bits per heavy atom. The topological polar surface area (TPSA) is 74.3 Å². The van der Waals surface area contributed by atoms with E-state index in [1.165, 1.54) is 11.5 Å². The lowest BCUT2D eigenvalue weighted by molar-refractivity contribution is -0.118. The van der Waals surface area contributed by atoms with Crippen LogP contribution in [0.25, 0.3) is 10.9 Å². The van der Waals surface area contributed by atoms with Crippen molar-refractivity contribution in [2.75, 3.05) is 12.3 Å². The third-order valence-electron chi connectivity index (χ3n) is 2.65. The Bertz CT molecular complexity index is 674. The number of pyridine rings is 1. The van der Waals surface area contributed by atoms with Crippen molar-refractivity contribution in [3.63, 3.8) is 0 Å². The number of fused-ring (bicyclic) bond motifs is 1. The molecule has 1 heterocycles. The summed E-state index contributed by atoms with van der Waals surface area (Å²) in [5, 5.41) is 0.802. The first-order valence-electron chi connectivity index (χ1n) is 5.50. The number of ketones is 1. The summed E-state index contributed by atoms with van der Waals surface area (Å²) in [6.45, 7) is 1.30. The maximum atomic E-state index is 12.0. The summed E-state index contributed by atoms with van der Waals surface area (Å²) in [6, 6.07) is 6.88. The molecule has 94 valence electrons. The molecule has 0 aliphatic rings. The number of aromatic nitrogens is 1. The van der Waals surface area contributed by atoms with Crippen LogP contribution in [0.15, 0.2) is 29.1 Å². The molecule has 5 heteroatoms. The molecule has 1 aromatic carbocycles. The van der Waals surface area contributed by atoms with Gasteiger partial charge in [-0.2, -0.15) is 0 Å². The third kappa shape index (κ3) is 2.20. The Balaban J connectivity index is 2.58. The van der Waals surface area contributed by atoms with E-state index in [-0.39, 0.29) is 23.7 Å². The Morgan fingerprint density at radius 1 is 1.39 bits per heavy atom. The molecule has 2 rings (SSSR count). The number of aryl methyl sites for hydroxylation is 1. The molecule has 1 aromatic heterocycles. The fraction of sp³-hybridized carbons (Fsp3) is 0.231. The van der Waals surface area contributed by atoms with Crippen LogP contribution < -0.4 is 16.0 Å². The molecule has 2 N–H and O–H groups in total. The van der Waals surface area contributed by atoms with Gasteiger partial charge in [0.25, 0.3) is 5.56 Å². The molecule has 0 saturated heterocycles. The van der Waals surface area contributed by atoms with E-state index in [1.807, 2.05) is 0 Å². The molecule has 5 nitrogen and oxygen atoms in total. The Labute approximate surface area is 104 Å². The van der Waals surface area contributed by atoms with Gasteiger partial charge in [-0.05, 0) is 31.2 Å². The zero-order valence-corrected chi connectivity index (χ0v) is 10.3. The molecular weight excluding hydrogens is 232 g/mol. The molecule has 0 aliphatic heterocycles. The average molecular weight is 246 g/mol. The quantitative estimate of drug-likeness (QED) is 0.822. The van der Waals surface area contributed by atoms with Crippen molar-refractivity contribution in [2.45, 2.75) is 6.92 Å². The minimum Gasteiger partial charge on any atom is -0.480 e. The minimum absolute atomic E-state index is 0.108. The zero-order chi connectivity index (χ0) is 13.3. The van der Waals surface area contributed by atoms with Crippen LogP contribution in [0.1, 0.15) is 6.92 Å². The highest BCUT2D eigenvalue weighted by atomic mass is 16.5. The van der Waals surface area contributed by atoms with Crippen molar-refractivity contribution in [2.24, 2.45) is 7.05 Å². The van der Waals surface area contributed by atoms with Gasteiger partial charge in [0.2, 0.25) is 0 Å². The summed E-state index contributed by atoms with van der Waals surface area (Å²) >= 11 is 0. The maximum absolute atomic E-state index is 12.0. The summed E-state index contributed by atoms with van der Waals surface area (Å²) < 4.78 is 6.68. The largest absolute Gasteiger partial charge is 0.480 e. The zero-order valence-electron chi connectivity index (χ0n) is 10.3. The number of anilines is 1. The molecule has 0 aliphatic carbocycles. The van der Waals surface area contributed by atoms with Gasteiger partial charge in [0.05, 0.1) is 5.52 Å². The summed E-state index contributed by atoms with van der Waals surface area (Å²) in [6.07, 6.45) is 0. The van der Waals surface area contributed by atoms with Gasteiger partial charge >= 0.3 is 0 Å². The lowest BCUT2D eigenvalue weighted by Crippen LogP contribution is -2.21. The fourth-order valence-electron chi connectivity index (χ4n) is 1.75. The highest BCUT2D eigenvalue weighted by molar-refractivity contribution is 5.83. The number of nitrogens with two attached hydrogens (primary N) is 1. The van der Waals surface area contributed by atoms with Crippen LogP contribution in [0.3, 0.4) is 0 Å². The molecule has 0 spiro atoms. The molecule has 0 fully saturated rings. The molecule has 0 radical (unpaired) electrons. The lowest BCUT2D eigenvalue weighted by atomic mass is 10.2. The average Bonchev–Trinajstić information content (AvgIpc) is 2.31. The number of nitrogen functional groups attached to an aromatic ring is 1. The lowest BCUT2D eigenvalue weighted by Gasteiger charge is -2.09. The van der Waals surface area contributed by atoms with Crippen molar-refractivity contribution in [3.05, 3.63) is 34.6 Å². The molecule has 18 heavy (non-hydrogen) atoms. The van der Waals surface area contributed by atoms with Gasteiger partial charge in [-0.15, -0.1) is 0 Å². The first-order valence-corrected chi connectivity index (χ1v) is 5.50. The monoisotopic (exact) mass is 246 g/mol. The Hall–Kier alpha value is -2.30. The number of carbonyl (C=O) groups is 1. The van der Waals surface area contributed by atoms with Crippen LogP contribution in [-0.4, -0.2) is 17.0 Å². The highest BCUT2D eigenvalue weighted by Crippen LogP contribution is 2.19. The molecule has 2 aromatic rings. The van der Waals surface area contributed by atoms with E-state index in [9.17, 15) is 9.59 Å². The second kappa shape index (κ2) is 4.52. The third-order valence-corrected chi connectivity index (χ3v) is 2.65. The Morgan fingerprint density at radius 3 is 2.78 bits per heavy atom. The number of hydrogen-bond acceptors (Lipinski definition) is 4. The van der Waals surface area contributed by atoms with Crippen LogP contribution in [-0.2, 0) is 11.8 Å². The van der Waals surface area contributed by atoms with Crippen molar-refractivity contribution < 1.29 is 9.53 Å². The van der Waals surface area contributed by atoms with Crippen molar-refractivity contribution in [1.29, 1.82) is 0 Å². The number of hydrogen-bond donors (Lipinski definition) is 1. The summed E-state index contributed by atoms with van der Waals surface area (Å²) in [5.41, 5.74) is 6.81. The van der Waals surface area contributed by atoms with Gasteiger partial charge in [0.1, 0.15) is 6.61 Å². The second-order valence-electron chi connectivity index (χ2n) is 4.18. The van der Waals surface area contributed by atoms with Crippen LogP contribution in [0.2, 0.25) is 0 Å². The summed E-state index contributed by atoms with van der Waals surface area (Å²) in [7, 11) is 1.65. The number of nitrogens with zero attached hydrogens (tertiary/aromatic N) is 1. The normalized spacial score (nSPS) is 10.6. The number of rotatable bonds is 3. The predicted molar refractivity (Wildman–Crippen MR) is 69.8 cm³/mol. The minimum atomic E-state index is -0.270. The van der Waals surface area contributed by atoms with E-state index in [0.717, 1.165) is 10.9 Å². The van der Waals surface area contributed by atoms with Crippen molar-refractivity contribution in [1.82, 2.24) is 4.57 Å². The first-order chi connectivity index (χ1) is 8.49. The van der Waals surface area contributed by atoms with E-state index in [2.05, 4.69) is 0 Å². The van der Waals surface area contributed by atoms with Gasteiger partial charge < -0.3 is 15.0 Å². The molecule has 0 saturated carbocycles. The smallest absolute Gasteiger partial charge is 0.293 e. The van der Waals surface area contributed by atoms with Gasteiger partial charge in [-0.3, -0.25) is 9.59 Å². The predicted octanol–water partition coefficient (Wildman–Crippen LogP) is 1.09. The SMILES string of the molecule is CC(=O)COc1cc2cc(N)ccc2n(C)c1=O. The van der Waals surface area contributed by atoms with Gasteiger partial charge in [0.15, 0.2) is 11.5 Å². The van der Waals surface area contributed by atoms with Crippen LogP contribution in [0, 0.1) is 0 Å². The number of carbonyl (C=O) groups excluding carboxylic acids is 1.